The van der Waals surface area contributed by atoms with Gasteiger partial charge in [0, 0.05) is 17.1 Å². The van der Waals surface area contributed by atoms with Crippen LogP contribution < -0.4 is 16.8 Å². The molecule has 0 saturated carbocycles. The fourth-order valence-corrected chi connectivity index (χ4v) is 1.88. The largest absolute Gasteiger partial charge is 0.370 e. The van der Waals surface area contributed by atoms with Crippen molar-refractivity contribution in [2.45, 2.75) is 12.5 Å². The van der Waals surface area contributed by atoms with E-state index in [0.717, 1.165) is 10.9 Å². The minimum absolute atomic E-state index is 0.337. The number of nitrogens with two attached hydrogens (primary N) is 2. The summed E-state index contributed by atoms with van der Waals surface area (Å²) in [6.45, 7) is 0. The molecule has 0 aliphatic rings. The Morgan fingerprint density at radius 1 is 1.19 bits per heavy atom. The standard InChI is InChI=1S/C14H14N4O3/c15-12(19)7-11(13(16)20)18-14(21)9-3-4-10-8(6-9)2-1-5-17-10/h1-6,11H,7H2,(H2,15,19)(H2,16,20)(H,18,21)/t11-/m0/s1. The molecule has 3 amide bonds. The number of nitrogens with one attached hydrogen (secondary N) is 1. The zero-order chi connectivity index (χ0) is 15.4. The molecule has 5 N–H and O–H groups in total. The maximum atomic E-state index is 12.1. The van der Waals surface area contributed by atoms with Gasteiger partial charge >= 0.3 is 0 Å². The molecule has 0 bridgehead atoms. The van der Waals surface area contributed by atoms with Crippen LogP contribution in [0.15, 0.2) is 36.5 Å². The topological polar surface area (TPSA) is 128 Å². The molecule has 0 saturated heterocycles. The highest BCUT2D eigenvalue weighted by molar-refractivity contribution is 6.00. The van der Waals surface area contributed by atoms with Crippen molar-refractivity contribution in [2.75, 3.05) is 0 Å². The van der Waals surface area contributed by atoms with E-state index in [0.29, 0.717) is 5.56 Å². The lowest BCUT2D eigenvalue weighted by Gasteiger charge is -2.13. The van der Waals surface area contributed by atoms with E-state index in [9.17, 15) is 14.4 Å². The molecule has 0 radical (unpaired) electrons. The number of nitrogens with zero attached hydrogens (tertiary/aromatic N) is 1. The summed E-state index contributed by atoms with van der Waals surface area (Å²) in [6, 6.07) is 7.35. The average Bonchev–Trinajstić information content (AvgIpc) is 2.45. The Morgan fingerprint density at radius 3 is 2.62 bits per heavy atom. The van der Waals surface area contributed by atoms with Crippen LogP contribution in [-0.2, 0) is 9.59 Å². The van der Waals surface area contributed by atoms with Gasteiger partial charge in [-0.1, -0.05) is 6.07 Å². The number of pyridine rings is 1. The maximum Gasteiger partial charge on any atom is 0.251 e. The first kappa shape index (κ1) is 14.4. The molecule has 108 valence electrons. The smallest absolute Gasteiger partial charge is 0.251 e. The second kappa shape index (κ2) is 6.00. The van der Waals surface area contributed by atoms with E-state index in [2.05, 4.69) is 10.3 Å². The summed E-state index contributed by atoms with van der Waals surface area (Å²) in [6.07, 6.45) is 1.31. The number of hydrogen-bond donors (Lipinski definition) is 3. The van der Waals surface area contributed by atoms with Crippen molar-refractivity contribution < 1.29 is 14.4 Å². The number of benzene rings is 1. The van der Waals surface area contributed by atoms with Crippen molar-refractivity contribution >= 4 is 28.6 Å². The van der Waals surface area contributed by atoms with Crippen molar-refractivity contribution in [3.05, 3.63) is 42.1 Å². The molecule has 1 aromatic heterocycles. The molecule has 0 unspecified atom stereocenters. The molecule has 0 fully saturated rings. The number of hydrogen-bond acceptors (Lipinski definition) is 4. The summed E-state index contributed by atoms with van der Waals surface area (Å²) in [4.78, 5) is 38.3. The number of aromatic nitrogens is 1. The van der Waals surface area contributed by atoms with Crippen LogP contribution in [0.4, 0.5) is 0 Å². The summed E-state index contributed by atoms with van der Waals surface area (Å²) < 4.78 is 0. The first-order valence-electron chi connectivity index (χ1n) is 6.20. The van der Waals surface area contributed by atoms with E-state index < -0.39 is 23.8 Å². The number of fused-ring (bicyclic) bond motifs is 1. The minimum atomic E-state index is -1.13. The Bertz CT molecular complexity index is 714. The van der Waals surface area contributed by atoms with Crippen molar-refractivity contribution in [3.8, 4) is 0 Å². The zero-order valence-corrected chi connectivity index (χ0v) is 11.1. The molecule has 7 nitrogen and oxygen atoms in total. The quantitative estimate of drug-likeness (QED) is 0.696. The zero-order valence-electron chi connectivity index (χ0n) is 11.1. The van der Waals surface area contributed by atoms with Gasteiger partial charge < -0.3 is 16.8 Å². The SMILES string of the molecule is NC(=O)C[C@H](NC(=O)c1ccc2ncccc2c1)C(N)=O. The molecule has 1 heterocycles. The van der Waals surface area contributed by atoms with E-state index >= 15 is 0 Å². The van der Waals surface area contributed by atoms with Gasteiger partial charge in [-0.25, -0.2) is 0 Å². The number of carbonyl (C=O) groups excluding carboxylic acids is 3. The highest BCUT2D eigenvalue weighted by atomic mass is 16.2. The second-order valence-corrected chi connectivity index (χ2v) is 4.51. The van der Waals surface area contributed by atoms with Crippen LogP contribution in [0.25, 0.3) is 10.9 Å². The molecule has 1 aromatic carbocycles. The highest BCUT2D eigenvalue weighted by Crippen LogP contribution is 2.13. The monoisotopic (exact) mass is 286 g/mol. The van der Waals surface area contributed by atoms with Crippen molar-refractivity contribution in [1.29, 1.82) is 0 Å². The number of primary amides is 2. The molecule has 7 heteroatoms. The van der Waals surface area contributed by atoms with Gasteiger partial charge in [-0.05, 0) is 24.3 Å². The summed E-state index contributed by atoms with van der Waals surface area (Å²) in [5, 5.41) is 3.18. The first-order chi connectivity index (χ1) is 9.97. The molecule has 0 aliphatic heterocycles. The van der Waals surface area contributed by atoms with Crippen LogP contribution in [0.1, 0.15) is 16.8 Å². The summed E-state index contributed by atoms with van der Waals surface area (Å²) >= 11 is 0. The van der Waals surface area contributed by atoms with Gasteiger partial charge in [-0.3, -0.25) is 19.4 Å². The fraction of sp³-hybridized carbons (Fsp3) is 0.143. The molecule has 2 aromatic rings. The lowest BCUT2D eigenvalue weighted by molar-refractivity contribution is -0.124. The molecule has 21 heavy (non-hydrogen) atoms. The van der Waals surface area contributed by atoms with Crippen LogP contribution >= 0.6 is 0 Å². The van der Waals surface area contributed by atoms with Crippen molar-refractivity contribution in [3.63, 3.8) is 0 Å². The number of rotatable bonds is 5. The number of carbonyl (C=O) groups is 3. The van der Waals surface area contributed by atoms with Crippen molar-refractivity contribution in [2.24, 2.45) is 11.5 Å². The third-order valence-electron chi connectivity index (χ3n) is 2.92. The Kier molecular flexibility index (Phi) is 4.13. The third-order valence-corrected chi connectivity index (χ3v) is 2.92. The third kappa shape index (κ3) is 3.53. The van der Waals surface area contributed by atoms with E-state index in [1.54, 1.807) is 30.5 Å². The summed E-state index contributed by atoms with van der Waals surface area (Å²) in [5.41, 5.74) is 11.2. The van der Waals surface area contributed by atoms with Gasteiger partial charge in [0.25, 0.3) is 5.91 Å². The molecule has 2 rings (SSSR count). The van der Waals surface area contributed by atoms with Gasteiger partial charge in [0.2, 0.25) is 11.8 Å². The van der Waals surface area contributed by atoms with Crippen LogP contribution in [0.5, 0.6) is 0 Å². The first-order valence-corrected chi connectivity index (χ1v) is 6.20. The molecular weight excluding hydrogens is 272 g/mol. The van der Waals surface area contributed by atoms with Crippen LogP contribution in [0.3, 0.4) is 0 Å². The van der Waals surface area contributed by atoms with Gasteiger partial charge in [-0.15, -0.1) is 0 Å². The predicted octanol–water partition coefficient (Wildman–Crippen LogP) is -0.306. The molecular formula is C14H14N4O3. The van der Waals surface area contributed by atoms with Gasteiger partial charge in [0.05, 0.1) is 11.9 Å². The number of amides is 3. The van der Waals surface area contributed by atoms with E-state index in [4.69, 9.17) is 11.5 Å². The lowest BCUT2D eigenvalue weighted by atomic mass is 10.1. The normalized spacial score (nSPS) is 11.8. The van der Waals surface area contributed by atoms with E-state index in [-0.39, 0.29) is 6.42 Å². The van der Waals surface area contributed by atoms with Crippen molar-refractivity contribution in [1.82, 2.24) is 10.3 Å². The molecule has 0 spiro atoms. The highest BCUT2D eigenvalue weighted by Gasteiger charge is 2.21. The lowest BCUT2D eigenvalue weighted by Crippen LogP contribution is -2.46. The minimum Gasteiger partial charge on any atom is -0.370 e. The predicted molar refractivity (Wildman–Crippen MR) is 76.0 cm³/mol. The van der Waals surface area contributed by atoms with Gasteiger partial charge in [0.15, 0.2) is 0 Å². The van der Waals surface area contributed by atoms with E-state index in [1.165, 1.54) is 0 Å². The Balaban J connectivity index is 2.20. The molecule has 1 atom stereocenters. The van der Waals surface area contributed by atoms with Crippen LogP contribution in [-0.4, -0.2) is 28.7 Å². The Morgan fingerprint density at radius 2 is 1.95 bits per heavy atom. The fourth-order valence-electron chi connectivity index (χ4n) is 1.88. The maximum absolute atomic E-state index is 12.1. The van der Waals surface area contributed by atoms with Crippen LogP contribution in [0, 0.1) is 0 Å². The van der Waals surface area contributed by atoms with Gasteiger partial charge in [0.1, 0.15) is 6.04 Å². The molecule has 0 aliphatic carbocycles. The Labute approximate surface area is 120 Å². The summed E-state index contributed by atoms with van der Waals surface area (Å²) in [7, 11) is 0. The second-order valence-electron chi connectivity index (χ2n) is 4.51. The van der Waals surface area contributed by atoms with Crippen LogP contribution in [0.2, 0.25) is 0 Å². The van der Waals surface area contributed by atoms with Gasteiger partial charge in [-0.2, -0.15) is 0 Å². The average molecular weight is 286 g/mol. The summed E-state index contributed by atoms with van der Waals surface area (Å²) in [5.74, 6) is -2.04. The Hall–Kier alpha value is -2.96. The van der Waals surface area contributed by atoms with E-state index in [1.807, 2.05) is 6.07 Å².